The summed E-state index contributed by atoms with van der Waals surface area (Å²) in [6, 6.07) is 23.1. The lowest BCUT2D eigenvalue weighted by Crippen LogP contribution is -2.54. The third kappa shape index (κ3) is 6.15. The van der Waals surface area contributed by atoms with Crippen LogP contribution in [0.2, 0.25) is 0 Å². The molecular weight excluding hydrogens is 452 g/mol. The summed E-state index contributed by atoms with van der Waals surface area (Å²) in [7, 11) is 0. The SMILES string of the molecule is NC(=S)N/N=C/c1cc(F)c(N2CCN(Cc3ccccc3)[C@@H](Cc3ccccc3)C2)cc1F. The van der Waals surface area contributed by atoms with Gasteiger partial charge in [0.1, 0.15) is 11.6 Å². The molecule has 8 heteroatoms. The minimum atomic E-state index is -0.559. The van der Waals surface area contributed by atoms with Gasteiger partial charge in [-0.1, -0.05) is 60.7 Å². The lowest BCUT2D eigenvalue weighted by molar-refractivity contribution is 0.166. The number of benzene rings is 3. The number of rotatable bonds is 7. The van der Waals surface area contributed by atoms with E-state index in [9.17, 15) is 4.39 Å². The van der Waals surface area contributed by atoms with Crippen molar-refractivity contribution in [2.75, 3.05) is 24.5 Å². The third-order valence-corrected chi connectivity index (χ3v) is 6.02. The van der Waals surface area contributed by atoms with Gasteiger partial charge in [0.15, 0.2) is 5.11 Å². The van der Waals surface area contributed by atoms with Gasteiger partial charge in [-0.25, -0.2) is 8.78 Å². The van der Waals surface area contributed by atoms with Gasteiger partial charge in [-0.3, -0.25) is 10.3 Å². The van der Waals surface area contributed by atoms with Crippen molar-refractivity contribution in [3.05, 3.63) is 101 Å². The van der Waals surface area contributed by atoms with E-state index in [-0.39, 0.29) is 22.4 Å². The summed E-state index contributed by atoms with van der Waals surface area (Å²) in [6.07, 6.45) is 1.99. The van der Waals surface area contributed by atoms with Crippen LogP contribution in [0.25, 0.3) is 0 Å². The second-order valence-corrected chi connectivity index (χ2v) is 8.74. The zero-order chi connectivity index (χ0) is 23.9. The van der Waals surface area contributed by atoms with Crippen molar-refractivity contribution in [1.82, 2.24) is 10.3 Å². The molecule has 0 unspecified atom stereocenters. The van der Waals surface area contributed by atoms with Gasteiger partial charge in [-0.2, -0.15) is 5.10 Å². The number of nitrogens with zero attached hydrogens (tertiary/aromatic N) is 3. The van der Waals surface area contributed by atoms with Gasteiger partial charge in [0.2, 0.25) is 0 Å². The summed E-state index contributed by atoms with van der Waals surface area (Å²) in [5.41, 5.74) is 10.4. The molecule has 3 aromatic carbocycles. The van der Waals surface area contributed by atoms with E-state index in [1.807, 2.05) is 41.3 Å². The van der Waals surface area contributed by atoms with E-state index >= 15 is 4.39 Å². The number of hydrazone groups is 1. The van der Waals surface area contributed by atoms with Gasteiger partial charge in [0.25, 0.3) is 0 Å². The highest BCUT2D eigenvalue weighted by atomic mass is 32.1. The van der Waals surface area contributed by atoms with Crippen molar-refractivity contribution in [3.63, 3.8) is 0 Å². The quantitative estimate of drug-likeness (QED) is 0.304. The number of anilines is 1. The molecule has 3 aromatic rings. The van der Waals surface area contributed by atoms with Crippen molar-refractivity contribution in [3.8, 4) is 0 Å². The Balaban J connectivity index is 1.55. The molecule has 0 aromatic heterocycles. The Morgan fingerprint density at radius 2 is 1.68 bits per heavy atom. The fourth-order valence-electron chi connectivity index (χ4n) is 4.28. The molecule has 0 aliphatic carbocycles. The Morgan fingerprint density at radius 3 is 2.35 bits per heavy atom. The first-order chi connectivity index (χ1) is 16.5. The Bertz CT molecular complexity index is 1140. The number of hydrogen-bond donors (Lipinski definition) is 2. The van der Waals surface area contributed by atoms with Gasteiger partial charge >= 0.3 is 0 Å². The van der Waals surface area contributed by atoms with E-state index in [0.29, 0.717) is 13.1 Å². The maximum atomic E-state index is 15.0. The monoisotopic (exact) mass is 479 g/mol. The van der Waals surface area contributed by atoms with E-state index in [1.54, 1.807) is 0 Å². The molecular formula is C26H27F2N5S. The van der Waals surface area contributed by atoms with E-state index < -0.39 is 11.6 Å². The molecule has 0 spiro atoms. The van der Waals surface area contributed by atoms with Crippen LogP contribution >= 0.6 is 12.2 Å². The van der Waals surface area contributed by atoms with Gasteiger partial charge in [-0.05, 0) is 35.8 Å². The molecule has 3 N–H and O–H groups in total. The zero-order valence-corrected chi connectivity index (χ0v) is 19.5. The van der Waals surface area contributed by atoms with Crippen LogP contribution < -0.4 is 16.1 Å². The van der Waals surface area contributed by atoms with Crippen LogP contribution in [-0.4, -0.2) is 41.9 Å². The summed E-state index contributed by atoms with van der Waals surface area (Å²) >= 11 is 4.66. The first-order valence-electron chi connectivity index (χ1n) is 11.1. The van der Waals surface area contributed by atoms with Gasteiger partial charge in [0, 0.05) is 43.9 Å². The van der Waals surface area contributed by atoms with Crippen LogP contribution in [0.3, 0.4) is 0 Å². The minimum absolute atomic E-state index is 0.0218. The second kappa shape index (κ2) is 11.2. The first kappa shape index (κ1) is 23.8. The molecule has 0 amide bonds. The lowest BCUT2D eigenvalue weighted by Gasteiger charge is -2.43. The summed E-state index contributed by atoms with van der Waals surface area (Å²) in [5.74, 6) is -1.05. The standard InChI is InChI=1S/C26H27F2N5S/c27-23-15-25(24(28)14-21(23)16-30-31-26(29)34)33-12-11-32(17-20-9-5-2-6-10-20)22(18-33)13-19-7-3-1-4-8-19/h1-10,14-16,22H,11-13,17-18H2,(H3,29,31,34)/b30-16+/t22-/m0/s1. The van der Waals surface area contributed by atoms with Gasteiger partial charge in [0.05, 0.1) is 11.9 Å². The lowest BCUT2D eigenvalue weighted by atomic mass is 10.0. The Labute approximate surface area is 203 Å². The van der Waals surface area contributed by atoms with E-state index in [1.165, 1.54) is 17.2 Å². The van der Waals surface area contributed by atoms with Crippen LogP contribution in [0.1, 0.15) is 16.7 Å². The van der Waals surface area contributed by atoms with Crippen molar-refractivity contribution in [1.29, 1.82) is 0 Å². The molecule has 0 radical (unpaired) electrons. The molecule has 176 valence electrons. The Morgan fingerprint density at radius 1 is 1.00 bits per heavy atom. The minimum Gasteiger partial charge on any atom is -0.375 e. The number of nitrogens with one attached hydrogen (secondary N) is 1. The number of hydrogen-bond acceptors (Lipinski definition) is 4. The second-order valence-electron chi connectivity index (χ2n) is 8.31. The van der Waals surface area contributed by atoms with Crippen LogP contribution in [0.4, 0.5) is 14.5 Å². The molecule has 1 atom stereocenters. The summed E-state index contributed by atoms with van der Waals surface area (Å²) in [4.78, 5) is 4.36. The van der Waals surface area contributed by atoms with Crippen LogP contribution in [-0.2, 0) is 13.0 Å². The fraction of sp³-hybridized carbons (Fsp3) is 0.231. The number of halogens is 2. The van der Waals surface area contributed by atoms with E-state index in [0.717, 1.165) is 31.8 Å². The molecule has 0 saturated carbocycles. The topological polar surface area (TPSA) is 56.9 Å². The summed E-state index contributed by atoms with van der Waals surface area (Å²) < 4.78 is 29.8. The maximum Gasteiger partial charge on any atom is 0.184 e. The summed E-state index contributed by atoms with van der Waals surface area (Å²) in [5, 5.41) is 3.68. The van der Waals surface area contributed by atoms with Crippen LogP contribution in [0.5, 0.6) is 0 Å². The van der Waals surface area contributed by atoms with Crippen molar-refractivity contribution < 1.29 is 8.78 Å². The largest absolute Gasteiger partial charge is 0.375 e. The molecule has 4 rings (SSSR count). The Hall–Kier alpha value is -3.36. The molecule has 1 fully saturated rings. The molecule has 1 aliphatic rings. The molecule has 1 heterocycles. The predicted molar refractivity (Wildman–Crippen MR) is 137 cm³/mol. The smallest absolute Gasteiger partial charge is 0.184 e. The molecule has 34 heavy (non-hydrogen) atoms. The normalized spacial score (nSPS) is 16.6. The van der Waals surface area contributed by atoms with Gasteiger partial charge in [-0.15, -0.1) is 0 Å². The van der Waals surface area contributed by atoms with Crippen molar-refractivity contribution in [2.45, 2.75) is 19.0 Å². The predicted octanol–water partition coefficient (Wildman–Crippen LogP) is 4.07. The number of thiocarbonyl (C=S) groups is 1. The van der Waals surface area contributed by atoms with Crippen LogP contribution in [0.15, 0.2) is 77.9 Å². The van der Waals surface area contributed by atoms with Gasteiger partial charge < -0.3 is 10.6 Å². The average Bonchev–Trinajstić information content (AvgIpc) is 2.83. The zero-order valence-electron chi connectivity index (χ0n) is 18.7. The highest BCUT2D eigenvalue weighted by molar-refractivity contribution is 7.80. The first-order valence-corrected chi connectivity index (χ1v) is 11.5. The fourth-order valence-corrected chi connectivity index (χ4v) is 4.33. The molecule has 1 saturated heterocycles. The van der Waals surface area contributed by atoms with Crippen LogP contribution in [0, 0.1) is 11.6 Å². The molecule has 0 bridgehead atoms. The van der Waals surface area contributed by atoms with E-state index in [4.69, 9.17) is 5.73 Å². The van der Waals surface area contributed by atoms with Crippen molar-refractivity contribution >= 4 is 29.2 Å². The maximum absolute atomic E-state index is 15.0. The van der Waals surface area contributed by atoms with E-state index in [2.05, 4.69) is 51.9 Å². The van der Waals surface area contributed by atoms with Crippen molar-refractivity contribution in [2.24, 2.45) is 10.8 Å². The highest BCUT2D eigenvalue weighted by Crippen LogP contribution is 2.27. The summed E-state index contributed by atoms with van der Waals surface area (Å²) in [6.45, 7) is 2.75. The highest BCUT2D eigenvalue weighted by Gasteiger charge is 2.29. The molecule has 1 aliphatic heterocycles. The molecule has 5 nitrogen and oxygen atoms in total. The number of nitrogens with two attached hydrogens (primary N) is 1. The third-order valence-electron chi connectivity index (χ3n) is 5.93. The average molecular weight is 480 g/mol. The number of piperazine rings is 1. The Kier molecular flexibility index (Phi) is 7.82.